The second-order valence-corrected chi connectivity index (χ2v) is 6.25. The van der Waals surface area contributed by atoms with Crippen molar-refractivity contribution in [2.75, 3.05) is 13.7 Å². The van der Waals surface area contributed by atoms with E-state index in [9.17, 15) is 9.59 Å². The van der Waals surface area contributed by atoms with Crippen LogP contribution >= 0.6 is 0 Å². The van der Waals surface area contributed by atoms with Crippen molar-refractivity contribution in [2.24, 2.45) is 5.10 Å². The van der Waals surface area contributed by atoms with E-state index in [2.05, 4.69) is 15.3 Å². The molecule has 3 rings (SSSR count). The summed E-state index contributed by atoms with van der Waals surface area (Å²) in [5, 5.41) is 3.99. The van der Waals surface area contributed by atoms with Crippen LogP contribution in [0.2, 0.25) is 0 Å². The van der Waals surface area contributed by atoms with Gasteiger partial charge in [-0.1, -0.05) is 18.2 Å². The number of hydrazone groups is 1. The maximum absolute atomic E-state index is 12.0. The van der Waals surface area contributed by atoms with Gasteiger partial charge in [0.25, 0.3) is 5.91 Å². The Kier molecular flexibility index (Phi) is 7.42. The first-order valence-corrected chi connectivity index (χ1v) is 9.56. The average Bonchev–Trinajstić information content (AvgIpc) is 3.28. The van der Waals surface area contributed by atoms with Crippen molar-refractivity contribution in [1.29, 1.82) is 0 Å². The van der Waals surface area contributed by atoms with E-state index in [-0.39, 0.29) is 18.3 Å². The smallest absolute Gasteiger partial charge is 0.373 e. The highest BCUT2D eigenvalue weighted by atomic mass is 16.5. The molecule has 0 bridgehead atoms. The maximum Gasteiger partial charge on any atom is 0.373 e. The zero-order valence-corrected chi connectivity index (χ0v) is 17.2. The van der Waals surface area contributed by atoms with Crippen molar-refractivity contribution in [3.8, 4) is 11.5 Å². The third-order valence-electron chi connectivity index (χ3n) is 4.10. The number of furan rings is 1. The zero-order chi connectivity index (χ0) is 22.1. The van der Waals surface area contributed by atoms with Crippen LogP contribution in [0.15, 0.2) is 70.2 Å². The summed E-state index contributed by atoms with van der Waals surface area (Å²) >= 11 is 0. The molecular formula is C23H22N2O6. The number of amides is 1. The van der Waals surface area contributed by atoms with E-state index in [1.54, 1.807) is 48.5 Å². The SMILES string of the molecule is CCOc1cc(/C=N/NC(=O)c2ccccc2)ccc1OCc1ccc(C(=O)OC)o1. The van der Waals surface area contributed by atoms with E-state index in [1.165, 1.54) is 19.4 Å². The van der Waals surface area contributed by atoms with E-state index in [4.69, 9.17) is 13.9 Å². The number of rotatable bonds is 9. The number of esters is 1. The molecule has 0 saturated heterocycles. The molecule has 8 nitrogen and oxygen atoms in total. The third-order valence-corrected chi connectivity index (χ3v) is 4.10. The Morgan fingerprint density at radius 1 is 1.03 bits per heavy atom. The van der Waals surface area contributed by atoms with Crippen LogP contribution in [0.5, 0.6) is 11.5 Å². The van der Waals surface area contributed by atoms with Crippen LogP contribution in [0.25, 0.3) is 0 Å². The van der Waals surface area contributed by atoms with Gasteiger partial charge in [0, 0.05) is 5.56 Å². The molecule has 31 heavy (non-hydrogen) atoms. The first-order valence-electron chi connectivity index (χ1n) is 9.56. The van der Waals surface area contributed by atoms with E-state index in [1.807, 2.05) is 13.0 Å². The number of methoxy groups -OCH3 is 1. The number of ether oxygens (including phenoxy) is 3. The van der Waals surface area contributed by atoms with Gasteiger partial charge in [0.05, 0.1) is 19.9 Å². The average molecular weight is 422 g/mol. The molecule has 1 aromatic heterocycles. The molecule has 160 valence electrons. The summed E-state index contributed by atoms with van der Waals surface area (Å²) in [6, 6.07) is 17.2. The highest BCUT2D eigenvalue weighted by molar-refractivity contribution is 5.94. The van der Waals surface area contributed by atoms with Crippen molar-refractivity contribution in [2.45, 2.75) is 13.5 Å². The molecule has 1 N–H and O–H groups in total. The third kappa shape index (κ3) is 5.96. The van der Waals surface area contributed by atoms with E-state index in [0.29, 0.717) is 29.4 Å². The van der Waals surface area contributed by atoms with Gasteiger partial charge in [-0.05, 0) is 55.0 Å². The summed E-state index contributed by atoms with van der Waals surface area (Å²) < 4.78 is 21.4. The Balaban J connectivity index is 1.64. The molecular weight excluding hydrogens is 400 g/mol. The molecule has 8 heteroatoms. The van der Waals surface area contributed by atoms with Gasteiger partial charge in [-0.3, -0.25) is 4.79 Å². The molecule has 3 aromatic rings. The molecule has 0 atom stereocenters. The summed E-state index contributed by atoms with van der Waals surface area (Å²) in [7, 11) is 1.29. The molecule has 0 aliphatic rings. The summed E-state index contributed by atoms with van der Waals surface area (Å²) in [4.78, 5) is 23.5. The lowest BCUT2D eigenvalue weighted by molar-refractivity contribution is 0.0560. The van der Waals surface area contributed by atoms with Gasteiger partial charge in [-0.25, -0.2) is 10.2 Å². The Bertz CT molecular complexity index is 1060. The van der Waals surface area contributed by atoms with Crippen LogP contribution in [0.4, 0.5) is 0 Å². The van der Waals surface area contributed by atoms with Crippen molar-refractivity contribution < 1.29 is 28.2 Å². The first kappa shape index (κ1) is 21.6. The Labute approximate surface area is 179 Å². The number of hydrogen-bond acceptors (Lipinski definition) is 7. The molecule has 1 heterocycles. The van der Waals surface area contributed by atoms with Gasteiger partial charge < -0.3 is 18.6 Å². The van der Waals surface area contributed by atoms with Crippen molar-refractivity contribution in [3.63, 3.8) is 0 Å². The number of hydrogen-bond donors (Lipinski definition) is 1. The summed E-state index contributed by atoms with van der Waals surface area (Å²) in [5.41, 5.74) is 3.72. The minimum absolute atomic E-state index is 0.107. The fourth-order valence-corrected chi connectivity index (χ4v) is 2.63. The van der Waals surface area contributed by atoms with E-state index >= 15 is 0 Å². The summed E-state index contributed by atoms with van der Waals surface area (Å²) in [5.74, 6) is 0.743. The molecule has 2 aromatic carbocycles. The molecule has 0 unspecified atom stereocenters. The minimum atomic E-state index is -0.552. The van der Waals surface area contributed by atoms with Crippen molar-refractivity contribution in [1.82, 2.24) is 5.43 Å². The lowest BCUT2D eigenvalue weighted by Gasteiger charge is -2.11. The standard InChI is InChI=1S/C23H22N2O6/c1-3-29-21-13-16(14-24-25-22(26)17-7-5-4-6-8-17)9-11-19(21)30-15-18-10-12-20(31-18)23(27)28-2/h4-14H,3,15H2,1-2H3,(H,25,26)/b24-14+. The molecule has 0 spiro atoms. The quantitative estimate of drug-likeness (QED) is 0.320. The highest BCUT2D eigenvalue weighted by Crippen LogP contribution is 2.29. The monoisotopic (exact) mass is 422 g/mol. The fourth-order valence-electron chi connectivity index (χ4n) is 2.63. The summed E-state index contributed by atoms with van der Waals surface area (Å²) in [6.45, 7) is 2.41. The first-order chi connectivity index (χ1) is 15.1. The van der Waals surface area contributed by atoms with Crippen LogP contribution in [-0.4, -0.2) is 31.8 Å². The number of benzene rings is 2. The van der Waals surface area contributed by atoms with Crippen LogP contribution in [0.3, 0.4) is 0 Å². The number of carbonyl (C=O) groups is 2. The normalized spacial score (nSPS) is 10.6. The zero-order valence-electron chi connectivity index (χ0n) is 17.2. The Hall–Kier alpha value is -4.07. The second-order valence-electron chi connectivity index (χ2n) is 6.25. The van der Waals surface area contributed by atoms with Crippen LogP contribution in [0.1, 0.15) is 39.2 Å². The van der Waals surface area contributed by atoms with Crippen LogP contribution < -0.4 is 14.9 Å². The van der Waals surface area contributed by atoms with E-state index < -0.39 is 5.97 Å². The highest BCUT2D eigenvalue weighted by Gasteiger charge is 2.13. The molecule has 1 amide bonds. The lowest BCUT2D eigenvalue weighted by atomic mass is 10.2. The minimum Gasteiger partial charge on any atom is -0.490 e. The van der Waals surface area contributed by atoms with Crippen LogP contribution in [0, 0.1) is 0 Å². The number of carbonyl (C=O) groups excluding carboxylic acids is 2. The van der Waals surface area contributed by atoms with E-state index in [0.717, 1.165) is 5.56 Å². The van der Waals surface area contributed by atoms with Gasteiger partial charge in [0.1, 0.15) is 12.4 Å². The molecule has 0 radical (unpaired) electrons. The van der Waals surface area contributed by atoms with Gasteiger partial charge in [0.2, 0.25) is 5.76 Å². The Morgan fingerprint density at radius 2 is 1.84 bits per heavy atom. The number of nitrogens with zero attached hydrogens (tertiary/aromatic N) is 1. The van der Waals surface area contributed by atoms with Crippen LogP contribution in [-0.2, 0) is 11.3 Å². The van der Waals surface area contributed by atoms with Gasteiger partial charge in [-0.2, -0.15) is 5.10 Å². The van der Waals surface area contributed by atoms with Crippen molar-refractivity contribution >= 4 is 18.1 Å². The number of nitrogens with one attached hydrogen (secondary N) is 1. The maximum atomic E-state index is 12.0. The topological polar surface area (TPSA) is 99.4 Å². The predicted molar refractivity (Wildman–Crippen MR) is 113 cm³/mol. The summed E-state index contributed by atoms with van der Waals surface area (Å²) in [6.07, 6.45) is 1.52. The van der Waals surface area contributed by atoms with Gasteiger partial charge >= 0.3 is 5.97 Å². The second kappa shape index (κ2) is 10.6. The molecule has 0 aliphatic heterocycles. The predicted octanol–water partition coefficient (Wildman–Crippen LogP) is 3.81. The van der Waals surface area contributed by atoms with Gasteiger partial charge in [-0.15, -0.1) is 0 Å². The molecule has 0 saturated carbocycles. The Morgan fingerprint density at radius 3 is 2.58 bits per heavy atom. The molecule has 0 aliphatic carbocycles. The lowest BCUT2D eigenvalue weighted by Crippen LogP contribution is -2.17. The fraction of sp³-hybridized carbons (Fsp3) is 0.174. The molecule has 0 fully saturated rings. The van der Waals surface area contributed by atoms with Crippen molar-refractivity contribution in [3.05, 3.63) is 83.3 Å². The largest absolute Gasteiger partial charge is 0.490 e. The van der Waals surface area contributed by atoms with Gasteiger partial charge in [0.15, 0.2) is 11.5 Å².